The van der Waals surface area contributed by atoms with E-state index in [1.807, 2.05) is 0 Å². The molecule has 0 saturated heterocycles. The molecule has 0 spiro atoms. The van der Waals surface area contributed by atoms with E-state index >= 15 is 0 Å². The van der Waals surface area contributed by atoms with Crippen LogP contribution in [-0.4, -0.2) is 44.2 Å². The maximum Gasteiger partial charge on any atom is 2.00 e. The molecule has 0 unspecified atom stereocenters. The number of nitrogens with one attached hydrogen (secondary N) is 4. The SMILES string of the molecule is CC(C)Nc1cccc(Nc2ccc(C(C)C)cc2)c1.CC(C)Nc1cccc(Nc2ccc(C(C)C)cc2)c1.O.O.O.O.O=[N+]([O-])[O-].O=[N+]([O-])[O-].[Cd+2]. The van der Waals surface area contributed by atoms with E-state index in [-0.39, 0.29) is 49.2 Å². The summed E-state index contributed by atoms with van der Waals surface area (Å²) in [6.45, 7) is 17.4. The van der Waals surface area contributed by atoms with Crippen LogP contribution in [0, 0.1) is 30.6 Å². The van der Waals surface area contributed by atoms with E-state index < -0.39 is 10.2 Å². The smallest absolute Gasteiger partial charge is 0.412 e. The predicted octanol–water partition coefficient (Wildman–Crippen LogP) is 6.97. The Hall–Kier alpha value is -4.76. The van der Waals surface area contributed by atoms with Crippen LogP contribution >= 0.6 is 0 Å². The molecule has 4 aromatic rings. The number of anilines is 6. The minimum Gasteiger partial charge on any atom is -0.412 e. The number of hydrogen-bond acceptors (Lipinski definition) is 10. The number of hydrogen-bond donors (Lipinski definition) is 4. The Morgan fingerprint density at radius 3 is 0.906 bits per heavy atom. The van der Waals surface area contributed by atoms with E-state index in [0.29, 0.717) is 23.9 Å². The summed E-state index contributed by atoms with van der Waals surface area (Å²) >= 11 is 0. The largest absolute Gasteiger partial charge is 2.00 e. The molecule has 0 aliphatic carbocycles. The van der Waals surface area contributed by atoms with Gasteiger partial charge >= 0.3 is 27.3 Å². The molecule has 0 aromatic heterocycles. The third-order valence-corrected chi connectivity index (χ3v) is 6.37. The molecule has 53 heavy (non-hydrogen) atoms. The van der Waals surface area contributed by atoms with Crippen molar-refractivity contribution in [2.24, 2.45) is 0 Å². The minimum absolute atomic E-state index is 0. The monoisotopic (exact) mass is 846 g/mol. The average Bonchev–Trinajstić information content (AvgIpc) is 2.97. The third-order valence-electron chi connectivity index (χ3n) is 6.37. The van der Waals surface area contributed by atoms with Crippen LogP contribution in [0.4, 0.5) is 34.1 Å². The second-order valence-corrected chi connectivity index (χ2v) is 12.0. The molecule has 4 rings (SSSR count). The molecule has 0 aliphatic rings. The number of benzene rings is 4. The van der Waals surface area contributed by atoms with Crippen molar-refractivity contribution in [3.05, 3.63) is 139 Å². The predicted molar refractivity (Wildman–Crippen MR) is 213 cm³/mol. The molecule has 0 amide bonds. The van der Waals surface area contributed by atoms with Gasteiger partial charge in [0.2, 0.25) is 0 Å². The molecule has 0 fully saturated rings. The van der Waals surface area contributed by atoms with Crippen molar-refractivity contribution >= 4 is 34.1 Å². The van der Waals surface area contributed by atoms with Crippen LogP contribution in [0.1, 0.15) is 78.4 Å². The Morgan fingerprint density at radius 2 is 0.679 bits per heavy atom. The molecule has 12 N–H and O–H groups in total. The van der Waals surface area contributed by atoms with Crippen molar-refractivity contribution in [3.63, 3.8) is 0 Å². The van der Waals surface area contributed by atoms with Crippen molar-refractivity contribution in [2.75, 3.05) is 21.3 Å². The van der Waals surface area contributed by atoms with Gasteiger partial charge in [-0.05, 0) is 111 Å². The molecule has 0 radical (unpaired) electrons. The third kappa shape index (κ3) is 27.6. The molecule has 0 saturated carbocycles. The molecular formula is C36H56CdN6O10. The summed E-state index contributed by atoms with van der Waals surface area (Å²) in [6, 6.07) is 34.9. The summed E-state index contributed by atoms with van der Waals surface area (Å²) < 4.78 is 0. The van der Waals surface area contributed by atoms with Crippen LogP contribution in [-0.2, 0) is 27.3 Å². The van der Waals surface area contributed by atoms with Crippen molar-refractivity contribution in [1.82, 2.24) is 0 Å². The van der Waals surface area contributed by atoms with Gasteiger partial charge in [-0.2, -0.15) is 0 Å². The van der Waals surface area contributed by atoms with Crippen LogP contribution in [0.25, 0.3) is 0 Å². The first kappa shape index (κ1) is 57.6. The van der Waals surface area contributed by atoms with Gasteiger partial charge < -0.3 is 73.8 Å². The summed E-state index contributed by atoms with van der Waals surface area (Å²) in [7, 11) is 0. The summed E-state index contributed by atoms with van der Waals surface area (Å²) in [5.41, 5.74) is 9.47. The topological polar surface area (TPSA) is 307 Å². The number of rotatable bonds is 10. The van der Waals surface area contributed by atoms with Gasteiger partial charge in [-0.1, -0.05) is 64.1 Å². The zero-order chi connectivity index (χ0) is 36.2. The van der Waals surface area contributed by atoms with E-state index in [4.69, 9.17) is 30.6 Å². The van der Waals surface area contributed by atoms with Gasteiger partial charge in [-0.25, -0.2) is 0 Å². The van der Waals surface area contributed by atoms with Crippen LogP contribution in [0.15, 0.2) is 97.1 Å². The van der Waals surface area contributed by atoms with Crippen molar-refractivity contribution < 1.29 is 59.4 Å². The normalized spacial score (nSPS) is 9.13. The second-order valence-electron chi connectivity index (χ2n) is 12.0. The molecule has 0 atom stereocenters. The molecular weight excluding hydrogens is 789 g/mol. The Kier molecular flexibility index (Phi) is 33.5. The molecule has 17 heteroatoms. The van der Waals surface area contributed by atoms with Gasteiger partial charge in [0.05, 0.1) is 10.2 Å². The molecule has 0 bridgehead atoms. The molecule has 4 aromatic carbocycles. The van der Waals surface area contributed by atoms with E-state index in [9.17, 15) is 0 Å². The van der Waals surface area contributed by atoms with E-state index in [1.165, 1.54) is 11.1 Å². The van der Waals surface area contributed by atoms with Crippen LogP contribution < -0.4 is 21.3 Å². The van der Waals surface area contributed by atoms with Gasteiger partial charge in [0.25, 0.3) is 0 Å². The Labute approximate surface area is 331 Å². The van der Waals surface area contributed by atoms with Crippen molar-refractivity contribution in [2.45, 2.75) is 79.3 Å². The van der Waals surface area contributed by atoms with Crippen LogP contribution in [0.3, 0.4) is 0 Å². The average molecular weight is 845 g/mol. The summed E-state index contributed by atoms with van der Waals surface area (Å²) in [5.74, 6) is 1.14. The van der Waals surface area contributed by atoms with Gasteiger partial charge in [0, 0.05) is 46.2 Å². The first-order valence-electron chi connectivity index (χ1n) is 15.7. The van der Waals surface area contributed by atoms with E-state index in [2.05, 4.69) is 174 Å². The van der Waals surface area contributed by atoms with Gasteiger partial charge in [0.1, 0.15) is 0 Å². The summed E-state index contributed by atoms with van der Waals surface area (Å²) in [6.07, 6.45) is 0. The first-order chi connectivity index (χ1) is 22.5. The van der Waals surface area contributed by atoms with Crippen molar-refractivity contribution in [3.8, 4) is 0 Å². The number of nitrogens with zero attached hydrogens (tertiary/aromatic N) is 2. The fourth-order valence-corrected chi connectivity index (χ4v) is 4.28. The van der Waals surface area contributed by atoms with E-state index in [1.54, 1.807) is 0 Å². The Morgan fingerprint density at radius 1 is 0.434 bits per heavy atom. The fraction of sp³-hybridized carbons (Fsp3) is 0.333. The Balaban J connectivity index is -0.000000223. The van der Waals surface area contributed by atoms with Gasteiger partial charge in [-0.15, -0.1) is 0 Å². The molecule has 0 aliphatic heterocycles. The molecule has 292 valence electrons. The zero-order valence-corrected chi connectivity index (χ0v) is 35.6. The molecule has 16 nitrogen and oxygen atoms in total. The summed E-state index contributed by atoms with van der Waals surface area (Å²) in [5, 5.41) is 43.2. The second kappa shape index (κ2) is 30.8. The zero-order valence-electron chi connectivity index (χ0n) is 31.6. The quantitative estimate of drug-likeness (QED) is 0.0721. The van der Waals surface area contributed by atoms with Gasteiger partial charge in [0.15, 0.2) is 0 Å². The fourth-order valence-electron chi connectivity index (χ4n) is 4.28. The minimum atomic E-state index is -1.75. The maximum atomic E-state index is 8.25. The Bertz CT molecular complexity index is 1410. The van der Waals surface area contributed by atoms with Crippen LogP contribution in [0.2, 0.25) is 0 Å². The molecule has 0 heterocycles. The maximum absolute atomic E-state index is 8.25. The summed E-state index contributed by atoms with van der Waals surface area (Å²) in [4.78, 5) is 16.5. The van der Waals surface area contributed by atoms with E-state index in [0.717, 1.165) is 34.1 Å². The first-order valence-corrected chi connectivity index (χ1v) is 15.7. The van der Waals surface area contributed by atoms with Crippen molar-refractivity contribution in [1.29, 1.82) is 0 Å². The standard InChI is InChI=1S/2C18H24N2.Cd.2NO3.4H2O/c2*1-13(2)15-8-10-16(11-9-15)20-18-7-5-6-17(12-18)19-14(3)4;;2*2-1(3)4;;;;/h2*5-14,19-20H,1-4H3;;;;4*1H2/q;;+2;2*-1;;;;. The van der Waals surface area contributed by atoms with Gasteiger partial charge in [-0.3, -0.25) is 0 Å². The van der Waals surface area contributed by atoms with Crippen LogP contribution in [0.5, 0.6) is 0 Å².